The molecule has 12 heavy (non-hydrogen) atoms. The lowest BCUT2D eigenvalue weighted by Gasteiger charge is -1.92. The third-order valence-corrected chi connectivity index (χ3v) is 1.98. The highest BCUT2D eigenvalue weighted by molar-refractivity contribution is 7.80. The number of rotatable bonds is 0. The molecule has 0 aromatic heterocycles. The van der Waals surface area contributed by atoms with E-state index in [0.29, 0.717) is 4.90 Å². The SMILES string of the molecule is O=C1OC(=O)c2c([S])cccc21. The van der Waals surface area contributed by atoms with Crippen molar-refractivity contribution in [1.29, 1.82) is 0 Å². The molecular formula is C8H3O3S. The van der Waals surface area contributed by atoms with Crippen LogP contribution < -0.4 is 0 Å². The van der Waals surface area contributed by atoms with Crippen molar-refractivity contribution in [2.45, 2.75) is 4.90 Å². The lowest BCUT2D eigenvalue weighted by atomic mass is 10.1. The van der Waals surface area contributed by atoms with Crippen LogP contribution in [0.5, 0.6) is 0 Å². The van der Waals surface area contributed by atoms with Gasteiger partial charge < -0.3 is 4.74 Å². The van der Waals surface area contributed by atoms with E-state index in [2.05, 4.69) is 4.74 Å². The maximum Gasteiger partial charge on any atom is 0.348 e. The van der Waals surface area contributed by atoms with E-state index < -0.39 is 11.9 Å². The van der Waals surface area contributed by atoms with Crippen molar-refractivity contribution in [2.75, 3.05) is 0 Å². The topological polar surface area (TPSA) is 43.4 Å². The predicted octanol–water partition coefficient (Wildman–Crippen LogP) is 1.55. The zero-order valence-electron chi connectivity index (χ0n) is 5.87. The molecule has 1 radical (unpaired) electrons. The van der Waals surface area contributed by atoms with E-state index in [1.165, 1.54) is 6.07 Å². The second kappa shape index (κ2) is 2.28. The molecule has 0 saturated heterocycles. The van der Waals surface area contributed by atoms with E-state index >= 15 is 0 Å². The second-order valence-corrected chi connectivity index (χ2v) is 2.80. The van der Waals surface area contributed by atoms with Gasteiger partial charge in [-0.05, 0) is 12.1 Å². The fourth-order valence-corrected chi connectivity index (χ4v) is 1.37. The fraction of sp³-hybridized carbons (Fsp3) is 0. The number of hydrogen-bond acceptors (Lipinski definition) is 3. The van der Waals surface area contributed by atoms with Crippen LogP contribution in [0.25, 0.3) is 0 Å². The minimum absolute atomic E-state index is 0.220. The van der Waals surface area contributed by atoms with Gasteiger partial charge >= 0.3 is 11.9 Å². The summed E-state index contributed by atoms with van der Waals surface area (Å²) in [6, 6.07) is 4.74. The summed E-state index contributed by atoms with van der Waals surface area (Å²) < 4.78 is 4.37. The first-order chi connectivity index (χ1) is 5.70. The summed E-state index contributed by atoms with van der Waals surface area (Å²) in [6.45, 7) is 0. The third kappa shape index (κ3) is 0.816. The highest BCUT2D eigenvalue weighted by Crippen LogP contribution is 2.25. The molecule has 4 heteroatoms. The van der Waals surface area contributed by atoms with Crippen molar-refractivity contribution in [2.24, 2.45) is 0 Å². The minimum Gasteiger partial charge on any atom is -0.386 e. The Bertz CT molecular complexity index is 384. The number of benzene rings is 1. The van der Waals surface area contributed by atoms with Gasteiger partial charge in [-0.2, -0.15) is 0 Å². The summed E-state index contributed by atoms with van der Waals surface area (Å²) >= 11 is 4.86. The summed E-state index contributed by atoms with van der Waals surface area (Å²) in [4.78, 5) is 22.3. The lowest BCUT2D eigenvalue weighted by molar-refractivity contribution is 0.0442. The van der Waals surface area contributed by atoms with Gasteiger partial charge in [0, 0.05) is 0 Å². The molecule has 0 bridgehead atoms. The van der Waals surface area contributed by atoms with E-state index in [4.69, 9.17) is 12.6 Å². The number of ether oxygens (including phenoxy) is 1. The van der Waals surface area contributed by atoms with Crippen LogP contribution in [0.2, 0.25) is 0 Å². The highest BCUT2D eigenvalue weighted by Gasteiger charge is 2.31. The molecule has 1 aromatic rings. The van der Waals surface area contributed by atoms with E-state index in [0.717, 1.165) is 0 Å². The molecule has 1 heterocycles. The largest absolute Gasteiger partial charge is 0.386 e. The van der Waals surface area contributed by atoms with Crippen LogP contribution in [0.1, 0.15) is 20.7 Å². The monoisotopic (exact) mass is 179 g/mol. The van der Waals surface area contributed by atoms with Gasteiger partial charge in [-0.1, -0.05) is 18.7 Å². The van der Waals surface area contributed by atoms with Crippen molar-refractivity contribution < 1.29 is 14.3 Å². The van der Waals surface area contributed by atoms with E-state index in [1.54, 1.807) is 12.1 Å². The Balaban J connectivity index is 2.75. The number of esters is 2. The lowest BCUT2D eigenvalue weighted by Crippen LogP contribution is -1.97. The molecule has 2 rings (SSSR count). The Morgan fingerprint density at radius 1 is 1.17 bits per heavy atom. The van der Waals surface area contributed by atoms with Crippen molar-refractivity contribution in [3.63, 3.8) is 0 Å². The van der Waals surface area contributed by atoms with E-state index in [1.807, 2.05) is 0 Å². The Hall–Kier alpha value is -1.42. The minimum atomic E-state index is -0.638. The van der Waals surface area contributed by atoms with Gasteiger partial charge in [0.1, 0.15) is 0 Å². The molecule has 3 nitrogen and oxygen atoms in total. The van der Waals surface area contributed by atoms with Crippen LogP contribution in [0, 0.1) is 0 Å². The molecule has 0 spiro atoms. The third-order valence-electron chi connectivity index (χ3n) is 1.64. The number of carbonyl (C=O) groups is 2. The van der Waals surface area contributed by atoms with Crippen LogP contribution in [0.3, 0.4) is 0 Å². The highest BCUT2D eigenvalue weighted by atomic mass is 32.1. The molecule has 0 unspecified atom stereocenters. The summed E-state index contributed by atoms with van der Waals surface area (Å²) in [6.07, 6.45) is 0. The molecule has 59 valence electrons. The zero-order chi connectivity index (χ0) is 8.72. The van der Waals surface area contributed by atoms with Crippen LogP contribution in [-0.2, 0) is 4.74 Å². The van der Waals surface area contributed by atoms with Crippen molar-refractivity contribution >= 4 is 24.6 Å². The zero-order valence-corrected chi connectivity index (χ0v) is 6.68. The predicted molar refractivity (Wildman–Crippen MR) is 42.0 cm³/mol. The number of cyclic esters (lactones) is 2. The van der Waals surface area contributed by atoms with Gasteiger partial charge in [0.25, 0.3) is 0 Å². The molecule has 0 fully saturated rings. The Morgan fingerprint density at radius 3 is 2.58 bits per heavy atom. The Morgan fingerprint density at radius 2 is 1.92 bits per heavy atom. The van der Waals surface area contributed by atoms with Gasteiger partial charge in [-0.25, -0.2) is 9.59 Å². The second-order valence-electron chi connectivity index (χ2n) is 2.36. The molecule has 1 aliphatic heterocycles. The van der Waals surface area contributed by atoms with Gasteiger partial charge in [0.05, 0.1) is 16.0 Å². The fourth-order valence-electron chi connectivity index (χ4n) is 1.10. The van der Waals surface area contributed by atoms with Crippen LogP contribution >= 0.6 is 12.6 Å². The Kier molecular flexibility index (Phi) is 1.38. The van der Waals surface area contributed by atoms with E-state index in [9.17, 15) is 9.59 Å². The molecule has 0 N–H and O–H groups in total. The summed E-state index contributed by atoms with van der Waals surface area (Å²) in [7, 11) is 0. The summed E-state index contributed by atoms with van der Waals surface area (Å²) in [5.74, 6) is -1.25. The van der Waals surface area contributed by atoms with Gasteiger partial charge in [0.15, 0.2) is 0 Å². The number of hydrogen-bond donors (Lipinski definition) is 0. The quantitative estimate of drug-likeness (QED) is 0.448. The van der Waals surface area contributed by atoms with Crippen LogP contribution in [0.4, 0.5) is 0 Å². The molecule has 0 atom stereocenters. The summed E-state index contributed by atoms with van der Waals surface area (Å²) in [5, 5.41) is 0. The average Bonchev–Trinajstić information content (AvgIpc) is 2.29. The summed E-state index contributed by atoms with van der Waals surface area (Å²) in [5.41, 5.74) is 0.491. The first kappa shape index (κ1) is 7.24. The van der Waals surface area contributed by atoms with Gasteiger partial charge in [-0.15, -0.1) is 0 Å². The van der Waals surface area contributed by atoms with Crippen LogP contribution in [-0.4, -0.2) is 11.9 Å². The number of fused-ring (bicyclic) bond motifs is 1. The van der Waals surface area contributed by atoms with Gasteiger partial charge in [-0.3, -0.25) is 0 Å². The smallest absolute Gasteiger partial charge is 0.348 e. The molecule has 1 aromatic carbocycles. The molecule has 1 aliphatic rings. The average molecular weight is 179 g/mol. The molecule has 0 aliphatic carbocycles. The number of carbonyl (C=O) groups excluding carboxylic acids is 2. The first-order valence-electron chi connectivity index (χ1n) is 3.26. The van der Waals surface area contributed by atoms with E-state index in [-0.39, 0.29) is 11.1 Å². The first-order valence-corrected chi connectivity index (χ1v) is 3.67. The van der Waals surface area contributed by atoms with Gasteiger partial charge in [0.2, 0.25) is 0 Å². The standard InChI is InChI=1S/C8H3O3S/c9-7-4-2-1-3-5(12)6(4)8(10)11-7/h1-3H. The maximum absolute atomic E-state index is 11.0. The van der Waals surface area contributed by atoms with Crippen LogP contribution in [0.15, 0.2) is 23.1 Å². The van der Waals surface area contributed by atoms with Crippen molar-refractivity contribution in [1.82, 2.24) is 0 Å². The molecule has 0 amide bonds. The molecule has 0 saturated carbocycles. The molecular weight excluding hydrogens is 176 g/mol. The maximum atomic E-state index is 11.0. The Labute approximate surface area is 73.7 Å². The normalized spacial score (nSPS) is 14.3. The van der Waals surface area contributed by atoms with Crippen molar-refractivity contribution in [3.8, 4) is 0 Å². The van der Waals surface area contributed by atoms with Crippen molar-refractivity contribution in [3.05, 3.63) is 29.3 Å².